The first-order valence-electron chi connectivity index (χ1n) is 7.62. The SMILES string of the molecule is O=C(c1ccc2c(c1)OCO2)N1CCN(c2ncc(Br)cn2)CC1. The maximum atomic E-state index is 12.7. The van der Waals surface area contributed by atoms with Crippen molar-refractivity contribution in [2.45, 2.75) is 0 Å². The Labute approximate surface area is 147 Å². The first-order chi connectivity index (χ1) is 11.7. The van der Waals surface area contributed by atoms with E-state index in [2.05, 4.69) is 30.8 Å². The van der Waals surface area contributed by atoms with Gasteiger partial charge < -0.3 is 19.3 Å². The van der Waals surface area contributed by atoms with Crippen molar-refractivity contribution in [3.63, 3.8) is 0 Å². The summed E-state index contributed by atoms with van der Waals surface area (Å²) in [7, 11) is 0. The van der Waals surface area contributed by atoms with E-state index in [1.165, 1.54) is 0 Å². The molecule has 1 amide bonds. The van der Waals surface area contributed by atoms with Gasteiger partial charge in [-0.3, -0.25) is 4.79 Å². The Morgan fingerprint density at radius 2 is 1.75 bits per heavy atom. The van der Waals surface area contributed by atoms with Gasteiger partial charge in [-0.1, -0.05) is 0 Å². The molecule has 0 radical (unpaired) electrons. The summed E-state index contributed by atoms with van der Waals surface area (Å²) >= 11 is 3.33. The number of rotatable bonds is 2. The first kappa shape index (κ1) is 15.2. The zero-order valence-electron chi connectivity index (χ0n) is 12.8. The van der Waals surface area contributed by atoms with E-state index < -0.39 is 0 Å². The fourth-order valence-electron chi connectivity index (χ4n) is 2.79. The maximum absolute atomic E-state index is 12.7. The monoisotopic (exact) mass is 390 g/mol. The van der Waals surface area contributed by atoms with Gasteiger partial charge in [-0.05, 0) is 34.1 Å². The highest BCUT2D eigenvalue weighted by Gasteiger charge is 2.25. The largest absolute Gasteiger partial charge is 0.454 e. The van der Waals surface area contributed by atoms with Crippen LogP contribution in [0.4, 0.5) is 5.95 Å². The summed E-state index contributed by atoms with van der Waals surface area (Å²) in [6, 6.07) is 5.30. The number of carbonyl (C=O) groups excluding carboxylic acids is 1. The normalized spacial score (nSPS) is 16.4. The van der Waals surface area contributed by atoms with Crippen LogP contribution in [0.3, 0.4) is 0 Å². The number of ether oxygens (including phenoxy) is 2. The molecule has 3 heterocycles. The number of fused-ring (bicyclic) bond motifs is 1. The molecule has 24 heavy (non-hydrogen) atoms. The highest BCUT2D eigenvalue weighted by molar-refractivity contribution is 9.10. The van der Waals surface area contributed by atoms with E-state index in [0.717, 1.165) is 4.47 Å². The van der Waals surface area contributed by atoms with Crippen molar-refractivity contribution in [3.8, 4) is 11.5 Å². The summed E-state index contributed by atoms with van der Waals surface area (Å²) in [5, 5.41) is 0. The van der Waals surface area contributed by atoms with Gasteiger partial charge in [-0.15, -0.1) is 0 Å². The number of benzene rings is 1. The van der Waals surface area contributed by atoms with Crippen molar-refractivity contribution in [2.75, 3.05) is 37.9 Å². The Bertz CT molecular complexity index is 760. The van der Waals surface area contributed by atoms with Crippen LogP contribution in [-0.4, -0.2) is 53.7 Å². The second kappa shape index (κ2) is 6.27. The summed E-state index contributed by atoms with van der Waals surface area (Å²) in [5.41, 5.74) is 0.618. The summed E-state index contributed by atoms with van der Waals surface area (Å²) in [4.78, 5) is 25.2. The van der Waals surface area contributed by atoms with Gasteiger partial charge in [0.1, 0.15) is 0 Å². The van der Waals surface area contributed by atoms with Gasteiger partial charge in [0.15, 0.2) is 11.5 Å². The van der Waals surface area contributed by atoms with Gasteiger partial charge in [0.05, 0.1) is 4.47 Å². The average Bonchev–Trinajstić information content (AvgIpc) is 3.09. The molecule has 4 rings (SSSR count). The Balaban J connectivity index is 1.42. The summed E-state index contributed by atoms with van der Waals surface area (Å²) < 4.78 is 11.5. The molecule has 1 aromatic heterocycles. The minimum absolute atomic E-state index is 0.00433. The fourth-order valence-corrected chi connectivity index (χ4v) is 3.00. The molecule has 1 aromatic carbocycles. The quantitative estimate of drug-likeness (QED) is 0.780. The molecule has 1 saturated heterocycles. The summed E-state index contributed by atoms with van der Waals surface area (Å²) in [5.74, 6) is 2.00. The van der Waals surface area contributed by atoms with E-state index in [1.54, 1.807) is 30.6 Å². The number of aromatic nitrogens is 2. The number of hydrogen-bond acceptors (Lipinski definition) is 6. The molecule has 7 nitrogen and oxygen atoms in total. The van der Waals surface area contributed by atoms with Crippen LogP contribution in [0.1, 0.15) is 10.4 Å². The lowest BCUT2D eigenvalue weighted by Crippen LogP contribution is -2.49. The topological polar surface area (TPSA) is 67.8 Å². The highest BCUT2D eigenvalue weighted by Crippen LogP contribution is 2.32. The summed E-state index contributed by atoms with van der Waals surface area (Å²) in [6.07, 6.45) is 3.46. The number of hydrogen-bond donors (Lipinski definition) is 0. The minimum atomic E-state index is 0.00433. The number of piperazine rings is 1. The van der Waals surface area contributed by atoms with E-state index in [1.807, 2.05) is 4.90 Å². The zero-order valence-corrected chi connectivity index (χ0v) is 14.4. The molecule has 0 spiro atoms. The zero-order chi connectivity index (χ0) is 16.5. The van der Waals surface area contributed by atoms with Gasteiger partial charge in [-0.25, -0.2) is 9.97 Å². The molecule has 2 aliphatic heterocycles. The van der Waals surface area contributed by atoms with Gasteiger partial charge >= 0.3 is 0 Å². The molecule has 0 N–H and O–H groups in total. The predicted octanol–water partition coefficient (Wildman–Crippen LogP) is 1.93. The maximum Gasteiger partial charge on any atom is 0.254 e. The molecule has 0 aliphatic carbocycles. The molecule has 8 heteroatoms. The fraction of sp³-hybridized carbons (Fsp3) is 0.312. The van der Waals surface area contributed by atoms with Crippen molar-refractivity contribution in [1.29, 1.82) is 0 Å². The highest BCUT2D eigenvalue weighted by atomic mass is 79.9. The second-order valence-corrected chi connectivity index (χ2v) is 6.46. The standard InChI is InChI=1S/C16H15BrN4O3/c17-12-8-18-16(19-9-12)21-5-3-20(4-6-21)15(22)11-1-2-13-14(7-11)24-10-23-13/h1-2,7-9H,3-6,10H2. The lowest BCUT2D eigenvalue weighted by molar-refractivity contribution is 0.0746. The van der Waals surface area contributed by atoms with Gasteiger partial charge in [-0.2, -0.15) is 0 Å². The van der Waals surface area contributed by atoms with E-state index >= 15 is 0 Å². The lowest BCUT2D eigenvalue weighted by Gasteiger charge is -2.34. The van der Waals surface area contributed by atoms with Crippen LogP contribution in [-0.2, 0) is 0 Å². The third kappa shape index (κ3) is 2.89. The minimum Gasteiger partial charge on any atom is -0.454 e. The number of amides is 1. The van der Waals surface area contributed by atoms with Crippen molar-refractivity contribution in [3.05, 3.63) is 40.6 Å². The number of halogens is 1. The lowest BCUT2D eigenvalue weighted by atomic mass is 10.1. The third-order valence-electron chi connectivity index (χ3n) is 4.08. The van der Waals surface area contributed by atoms with Crippen molar-refractivity contribution in [1.82, 2.24) is 14.9 Å². The molecule has 0 bridgehead atoms. The number of nitrogens with zero attached hydrogens (tertiary/aromatic N) is 4. The predicted molar refractivity (Wildman–Crippen MR) is 90.4 cm³/mol. The van der Waals surface area contributed by atoms with E-state index in [0.29, 0.717) is 49.2 Å². The Morgan fingerprint density at radius 1 is 1.04 bits per heavy atom. The van der Waals surface area contributed by atoms with Crippen LogP contribution >= 0.6 is 15.9 Å². The molecule has 0 atom stereocenters. The first-order valence-corrected chi connectivity index (χ1v) is 8.41. The molecule has 0 unspecified atom stereocenters. The molecule has 1 fully saturated rings. The average molecular weight is 391 g/mol. The van der Waals surface area contributed by atoms with Crippen LogP contribution in [0, 0.1) is 0 Å². The van der Waals surface area contributed by atoms with Crippen LogP contribution in [0.2, 0.25) is 0 Å². The molecule has 2 aliphatic rings. The van der Waals surface area contributed by atoms with Crippen LogP contribution < -0.4 is 14.4 Å². The van der Waals surface area contributed by atoms with Crippen LogP contribution in [0.5, 0.6) is 11.5 Å². The van der Waals surface area contributed by atoms with Crippen molar-refractivity contribution in [2.24, 2.45) is 0 Å². The van der Waals surface area contributed by atoms with Gasteiger partial charge in [0.2, 0.25) is 12.7 Å². The van der Waals surface area contributed by atoms with E-state index in [-0.39, 0.29) is 12.7 Å². The van der Waals surface area contributed by atoms with E-state index in [4.69, 9.17) is 9.47 Å². The molecule has 0 saturated carbocycles. The van der Waals surface area contributed by atoms with Crippen molar-refractivity contribution >= 4 is 27.8 Å². The molecule has 2 aromatic rings. The van der Waals surface area contributed by atoms with Gasteiger partial charge in [0, 0.05) is 44.1 Å². The van der Waals surface area contributed by atoms with Crippen LogP contribution in [0.25, 0.3) is 0 Å². The van der Waals surface area contributed by atoms with Crippen molar-refractivity contribution < 1.29 is 14.3 Å². The Kier molecular flexibility index (Phi) is 3.97. The Hall–Kier alpha value is -2.35. The molecular weight excluding hydrogens is 376 g/mol. The Morgan fingerprint density at radius 3 is 2.50 bits per heavy atom. The molecular formula is C16H15BrN4O3. The van der Waals surface area contributed by atoms with E-state index in [9.17, 15) is 4.79 Å². The number of anilines is 1. The van der Waals surface area contributed by atoms with Gasteiger partial charge in [0.25, 0.3) is 5.91 Å². The smallest absolute Gasteiger partial charge is 0.254 e. The number of carbonyl (C=O) groups is 1. The third-order valence-corrected chi connectivity index (χ3v) is 4.49. The summed E-state index contributed by atoms with van der Waals surface area (Å²) in [6.45, 7) is 2.88. The molecule has 124 valence electrons. The van der Waals surface area contributed by atoms with Crippen LogP contribution in [0.15, 0.2) is 35.1 Å². The second-order valence-electron chi connectivity index (χ2n) is 5.55.